The van der Waals surface area contributed by atoms with Crippen LogP contribution in [0, 0.1) is 0 Å². The number of anilines is 1. The number of aromatic nitrogens is 3. The number of benzene rings is 2. The van der Waals surface area contributed by atoms with Gasteiger partial charge in [0, 0.05) is 21.6 Å². The van der Waals surface area contributed by atoms with Crippen LogP contribution in [0.15, 0.2) is 70.8 Å². The topological polar surface area (TPSA) is 59.8 Å². The van der Waals surface area contributed by atoms with Gasteiger partial charge in [-0.2, -0.15) is 0 Å². The van der Waals surface area contributed by atoms with Crippen LogP contribution in [-0.2, 0) is 11.3 Å². The Labute approximate surface area is 175 Å². The van der Waals surface area contributed by atoms with Gasteiger partial charge in [-0.05, 0) is 52.3 Å². The normalized spacial score (nSPS) is 10.6. The summed E-state index contributed by atoms with van der Waals surface area (Å²) in [6.45, 7) is 4.34. The maximum absolute atomic E-state index is 12.3. The summed E-state index contributed by atoms with van der Waals surface area (Å²) < 4.78 is 2.76. The Morgan fingerprint density at radius 3 is 2.67 bits per heavy atom. The van der Waals surface area contributed by atoms with Gasteiger partial charge >= 0.3 is 0 Å². The Hall–Kier alpha value is -2.09. The lowest BCUT2D eigenvalue weighted by Crippen LogP contribution is -2.15. The number of nitrogens with zero attached hydrogens (tertiary/aromatic N) is 3. The molecule has 0 bridgehead atoms. The monoisotopic (exact) mass is 462 g/mol. The van der Waals surface area contributed by atoms with Gasteiger partial charge < -0.3 is 5.32 Å². The second kappa shape index (κ2) is 9.21. The average Bonchev–Trinajstić information content (AvgIpc) is 3.06. The minimum Gasteiger partial charge on any atom is -0.324 e. The number of carbonyl (C=O) groups excluding carboxylic acids is 1. The first-order valence-corrected chi connectivity index (χ1v) is 10.2. The molecule has 0 aliphatic rings. The molecule has 0 fully saturated rings. The molecular formula is C19H16BrClN4OS. The van der Waals surface area contributed by atoms with Gasteiger partial charge in [-0.1, -0.05) is 41.6 Å². The predicted octanol–water partition coefficient (Wildman–Crippen LogP) is 5.28. The van der Waals surface area contributed by atoms with Gasteiger partial charge in [-0.15, -0.1) is 16.8 Å². The number of nitrogens with one attached hydrogen (secondary N) is 1. The molecule has 1 N–H and O–H groups in total. The highest BCUT2D eigenvalue weighted by Gasteiger charge is 2.15. The Morgan fingerprint density at radius 1 is 1.22 bits per heavy atom. The average molecular weight is 464 g/mol. The Balaban J connectivity index is 1.73. The molecule has 1 aromatic heterocycles. The summed E-state index contributed by atoms with van der Waals surface area (Å²) in [6.07, 6.45) is 1.77. The summed E-state index contributed by atoms with van der Waals surface area (Å²) in [5.74, 6) is 0.811. The van der Waals surface area contributed by atoms with Crippen LogP contribution in [0.25, 0.3) is 11.4 Å². The van der Waals surface area contributed by atoms with Crippen molar-refractivity contribution in [3.8, 4) is 11.4 Å². The number of carbonyl (C=O) groups is 1. The molecule has 27 heavy (non-hydrogen) atoms. The largest absolute Gasteiger partial charge is 0.324 e. The fourth-order valence-electron chi connectivity index (χ4n) is 2.38. The minimum absolute atomic E-state index is 0.118. The van der Waals surface area contributed by atoms with Crippen LogP contribution >= 0.6 is 39.3 Å². The predicted molar refractivity (Wildman–Crippen MR) is 114 cm³/mol. The molecule has 0 aliphatic carbocycles. The number of rotatable bonds is 7. The fraction of sp³-hybridized carbons (Fsp3) is 0.105. The molecule has 0 aliphatic heterocycles. The molecule has 138 valence electrons. The van der Waals surface area contributed by atoms with E-state index in [4.69, 9.17) is 11.6 Å². The van der Waals surface area contributed by atoms with Crippen molar-refractivity contribution in [2.24, 2.45) is 0 Å². The van der Waals surface area contributed by atoms with E-state index in [1.807, 2.05) is 53.1 Å². The molecule has 1 heterocycles. The molecule has 0 atom stereocenters. The number of halogens is 2. The number of allylic oxidation sites excluding steroid dienone is 1. The van der Waals surface area contributed by atoms with Crippen molar-refractivity contribution in [3.05, 3.63) is 70.7 Å². The van der Waals surface area contributed by atoms with Gasteiger partial charge in [-0.3, -0.25) is 9.36 Å². The molecule has 3 aromatic rings. The van der Waals surface area contributed by atoms with Crippen LogP contribution in [0.1, 0.15) is 0 Å². The summed E-state index contributed by atoms with van der Waals surface area (Å²) in [5, 5.41) is 12.7. The van der Waals surface area contributed by atoms with Crippen molar-refractivity contribution in [2.75, 3.05) is 11.1 Å². The Bertz CT molecular complexity index is 959. The SMILES string of the molecule is C=CCn1c(SCC(=O)Nc2ccccc2Br)nnc1-c1ccc(Cl)cc1. The number of hydrogen-bond donors (Lipinski definition) is 1. The van der Waals surface area contributed by atoms with Crippen LogP contribution < -0.4 is 5.32 Å². The van der Waals surface area contributed by atoms with E-state index in [-0.39, 0.29) is 11.7 Å². The summed E-state index contributed by atoms with van der Waals surface area (Å²) in [7, 11) is 0. The van der Waals surface area contributed by atoms with Crippen molar-refractivity contribution in [3.63, 3.8) is 0 Å². The zero-order valence-electron chi connectivity index (χ0n) is 14.2. The van der Waals surface area contributed by atoms with Crippen molar-refractivity contribution in [1.29, 1.82) is 0 Å². The van der Waals surface area contributed by atoms with E-state index in [9.17, 15) is 4.79 Å². The van der Waals surface area contributed by atoms with Crippen molar-refractivity contribution >= 4 is 50.9 Å². The van der Waals surface area contributed by atoms with Crippen molar-refractivity contribution in [1.82, 2.24) is 14.8 Å². The Morgan fingerprint density at radius 2 is 1.96 bits per heavy atom. The molecule has 1 amide bonds. The van der Waals surface area contributed by atoms with Crippen molar-refractivity contribution < 1.29 is 4.79 Å². The lowest BCUT2D eigenvalue weighted by Gasteiger charge is -2.09. The van der Waals surface area contributed by atoms with E-state index in [1.54, 1.807) is 6.08 Å². The highest BCUT2D eigenvalue weighted by Crippen LogP contribution is 2.26. The molecule has 0 radical (unpaired) electrons. The third-order valence-electron chi connectivity index (χ3n) is 3.61. The lowest BCUT2D eigenvalue weighted by molar-refractivity contribution is -0.113. The molecule has 5 nitrogen and oxygen atoms in total. The van der Waals surface area contributed by atoms with Gasteiger partial charge in [0.25, 0.3) is 0 Å². The number of thioether (sulfide) groups is 1. The highest BCUT2D eigenvalue weighted by atomic mass is 79.9. The van der Waals surface area contributed by atoms with Crippen LogP contribution in [0.2, 0.25) is 5.02 Å². The third kappa shape index (κ3) is 5.00. The Kier molecular flexibility index (Phi) is 6.71. The second-order valence-electron chi connectivity index (χ2n) is 5.53. The first-order chi connectivity index (χ1) is 13.1. The number of para-hydroxylation sites is 1. The molecule has 0 spiro atoms. The van der Waals surface area contributed by atoms with E-state index in [1.165, 1.54) is 11.8 Å². The lowest BCUT2D eigenvalue weighted by atomic mass is 10.2. The quantitative estimate of drug-likeness (QED) is 0.383. The van der Waals surface area contributed by atoms with Crippen LogP contribution in [0.5, 0.6) is 0 Å². The maximum atomic E-state index is 12.3. The maximum Gasteiger partial charge on any atom is 0.234 e. The van der Waals surface area contributed by atoms with Crippen LogP contribution in [0.3, 0.4) is 0 Å². The fourth-order valence-corrected chi connectivity index (χ4v) is 3.64. The summed E-state index contributed by atoms with van der Waals surface area (Å²) in [5.41, 5.74) is 1.63. The van der Waals surface area contributed by atoms with Gasteiger partial charge in [0.2, 0.25) is 5.91 Å². The van der Waals surface area contributed by atoms with E-state index in [0.29, 0.717) is 22.5 Å². The van der Waals surface area contributed by atoms with Crippen molar-refractivity contribution in [2.45, 2.75) is 11.7 Å². The smallest absolute Gasteiger partial charge is 0.234 e. The first-order valence-electron chi connectivity index (χ1n) is 8.05. The minimum atomic E-state index is -0.118. The van der Waals surface area contributed by atoms with Gasteiger partial charge in [0.05, 0.1) is 11.4 Å². The molecule has 0 unspecified atom stereocenters. The van der Waals surface area contributed by atoms with Gasteiger partial charge in [-0.25, -0.2) is 0 Å². The molecule has 0 saturated heterocycles. The molecular weight excluding hydrogens is 448 g/mol. The first kappa shape index (κ1) is 19.7. The molecule has 0 saturated carbocycles. The van der Waals surface area contributed by atoms with Crippen LogP contribution in [0.4, 0.5) is 5.69 Å². The van der Waals surface area contributed by atoms with Gasteiger partial charge in [0.15, 0.2) is 11.0 Å². The van der Waals surface area contributed by atoms with E-state index in [0.717, 1.165) is 15.7 Å². The number of hydrogen-bond acceptors (Lipinski definition) is 4. The standard InChI is InChI=1S/C19H16BrClN4OS/c1-2-11-25-18(13-7-9-14(21)10-8-13)23-24-19(25)27-12-17(26)22-16-6-4-3-5-15(16)20/h2-10H,1,11-12H2,(H,22,26). The summed E-state index contributed by atoms with van der Waals surface area (Å²) >= 11 is 10.7. The molecule has 8 heteroatoms. The van der Waals surface area contributed by atoms with Gasteiger partial charge in [0.1, 0.15) is 0 Å². The third-order valence-corrected chi connectivity index (χ3v) is 5.52. The summed E-state index contributed by atoms with van der Waals surface area (Å²) in [6, 6.07) is 14.9. The van der Waals surface area contributed by atoms with E-state index < -0.39 is 0 Å². The highest BCUT2D eigenvalue weighted by molar-refractivity contribution is 9.10. The molecule has 3 rings (SSSR count). The zero-order chi connectivity index (χ0) is 19.2. The molecule has 2 aromatic carbocycles. The zero-order valence-corrected chi connectivity index (χ0v) is 17.4. The number of amides is 1. The van der Waals surface area contributed by atoms with Crippen LogP contribution in [-0.4, -0.2) is 26.4 Å². The van der Waals surface area contributed by atoms with E-state index in [2.05, 4.69) is 38.0 Å². The van der Waals surface area contributed by atoms with E-state index >= 15 is 0 Å². The second-order valence-corrected chi connectivity index (χ2v) is 7.76. The summed E-state index contributed by atoms with van der Waals surface area (Å²) in [4.78, 5) is 12.3.